The van der Waals surface area contributed by atoms with Crippen LogP contribution in [0.25, 0.3) is 0 Å². The maximum absolute atomic E-state index is 5.71. The van der Waals surface area contributed by atoms with E-state index in [-0.39, 0.29) is 0 Å². The van der Waals surface area contributed by atoms with Crippen molar-refractivity contribution in [3.05, 3.63) is 0 Å². The fourth-order valence-electron chi connectivity index (χ4n) is 1.18. The van der Waals surface area contributed by atoms with E-state index >= 15 is 0 Å². The first-order valence-electron chi connectivity index (χ1n) is 5.24. The second-order valence-electron chi connectivity index (χ2n) is 3.19. The third-order valence-corrected chi connectivity index (χ3v) is 7.05. The molecular weight excluding hydrogens is 214 g/mol. The van der Waals surface area contributed by atoms with E-state index in [1.807, 2.05) is 25.6 Å². The summed E-state index contributed by atoms with van der Waals surface area (Å²) in [4.78, 5) is 0. The summed E-state index contributed by atoms with van der Waals surface area (Å²) in [5.41, 5.74) is 5.43. The molecule has 0 aliphatic carbocycles. The number of rotatable bonds is 9. The van der Waals surface area contributed by atoms with Crippen molar-refractivity contribution in [3.8, 4) is 0 Å². The van der Waals surface area contributed by atoms with Crippen LogP contribution in [0.3, 0.4) is 0 Å². The van der Waals surface area contributed by atoms with Gasteiger partial charge in [-0.25, -0.2) is 0 Å². The Morgan fingerprint density at radius 2 is 1.79 bits per heavy atom. The van der Waals surface area contributed by atoms with Gasteiger partial charge in [0.2, 0.25) is 0 Å². The average Bonchev–Trinajstić information content (AvgIpc) is 2.13. The van der Waals surface area contributed by atoms with E-state index in [1.165, 1.54) is 0 Å². The second-order valence-corrected chi connectivity index (χ2v) is 8.01. The van der Waals surface area contributed by atoms with Gasteiger partial charge in [-0.1, -0.05) is 0 Å². The molecule has 0 fully saturated rings. The Hall–Kier alpha value is 0.447. The second kappa shape index (κ2) is 8.73. The zero-order valence-corrected chi connectivity index (χ0v) is 11.4. The number of hydrogen-bond donors (Lipinski definition) is 1. The van der Waals surface area contributed by atoms with Gasteiger partial charge in [-0.2, -0.15) is 11.8 Å². The molecule has 0 aromatic rings. The molecule has 0 saturated heterocycles. The van der Waals surface area contributed by atoms with Crippen LogP contribution in [-0.2, 0) is 8.85 Å². The highest BCUT2D eigenvalue weighted by Gasteiger charge is 2.30. The smallest absolute Gasteiger partial charge is 0.345 e. The predicted octanol–water partition coefficient (Wildman–Crippen LogP) is 1.75. The van der Waals surface area contributed by atoms with Gasteiger partial charge in [-0.3, -0.25) is 0 Å². The molecule has 0 aliphatic heterocycles. The van der Waals surface area contributed by atoms with E-state index in [4.69, 9.17) is 14.6 Å². The molecule has 0 unspecified atom stereocenters. The molecule has 0 radical (unpaired) electrons. The van der Waals surface area contributed by atoms with Crippen molar-refractivity contribution in [3.63, 3.8) is 0 Å². The number of nitrogens with two attached hydrogens (primary N) is 1. The van der Waals surface area contributed by atoms with Crippen LogP contribution < -0.4 is 5.73 Å². The monoisotopic (exact) mass is 237 g/mol. The summed E-state index contributed by atoms with van der Waals surface area (Å²) in [5.74, 6) is 1.11. The van der Waals surface area contributed by atoms with Crippen molar-refractivity contribution in [1.29, 1.82) is 0 Å². The van der Waals surface area contributed by atoms with E-state index in [1.54, 1.807) is 0 Å². The maximum atomic E-state index is 5.71. The van der Waals surface area contributed by atoms with E-state index < -0.39 is 8.56 Å². The van der Waals surface area contributed by atoms with Crippen LogP contribution in [0.1, 0.15) is 20.3 Å². The van der Waals surface area contributed by atoms with Crippen molar-refractivity contribution in [2.45, 2.75) is 26.8 Å². The highest BCUT2D eigenvalue weighted by molar-refractivity contribution is 8.00. The molecule has 0 aromatic heterocycles. The first kappa shape index (κ1) is 14.4. The summed E-state index contributed by atoms with van der Waals surface area (Å²) in [6.45, 7) is 8.45. The Balaban J connectivity index is 3.71. The lowest BCUT2D eigenvalue weighted by molar-refractivity contribution is 0.195. The van der Waals surface area contributed by atoms with Crippen molar-refractivity contribution < 1.29 is 8.85 Å². The van der Waals surface area contributed by atoms with Crippen molar-refractivity contribution in [2.75, 3.05) is 30.9 Å². The summed E-state index contributed by atoms with van der Waals surface area (Å²) in [6, 6.07) is 0. The molecule has 0 spiro atoms. The molecule has 0 atom stereocenters. The molecule has 3 nitrogen and oxygen atoms in total. The van der Waals surface area contributed by atoms with Crippen LogP contribution in [0.5, 0.6) is 0 Å². The molecular formula is C9H23NO2SSi. The van der Waals surface area contributed by atoms with Gasteiger partial charge in [0.15, 0.2) is 0 Å². The molecule has 0 aliphatic rings. The average molecular weight is 237 g/mol. The minimum atomic E-state index is -1.88. The Kier molecular flexibility index (Phi) is 9.01. The molecule has 0 heterocycles. The van der Waals surface area contributed by atoms with Gasteiger partial charge in [-0.15, -0.1) is 0 Å². The topological polar surface area (TPSA) is 44.5 Å². The lowest BCUT2D eigenvalue weighted by atomic mass is 10.5. The van der Waals surface area contributed by atoms with Crippen LogP contribution in [0.4, 0.5) is 0 Å². The maximum Gasteiger partial charge on any atom is 0.345 e. The summed E-state index contributed by atoms with van der Waals surface area (Å²) < 4.78 is 11.4. The largest absolute Gasteiger partial charge is 0.394 e. The Morgan fingerprint density at radius 1 is 1.21 bits per heavy atom. The molecule has 0 bridgehead atoms. The van der Waals surface area contributed by atoms with Crippen LogP contribution in [0.2, 0.25) is 6.55 Å². The van der Waals surface area contributed by atoms with Crippen molar-refractivity contribution in [1.82, 2.24) is 0 Å². The van der Waals surface area contributed by atoms with Gasteiger partial charge in [0.1, 0.15) is 0 Å². The van der Waals surface area contributed by atoms with Gasteiger partial charge in [0, 0.05) is 18.6 Å². The van der Waals surface area contributed by atoms with Gasteiger partial charge in [0.25, 0.3) is 0 Å². The predicted molar refractivity (Wildman–Crippen MR) is 65.9 cm³/mol. The van der Waals surface area contributed by atoms with Gasteiger partial charge >= 0.3 is 8.56 Å². The standard InChI is InChI=1S/C9H23NO2SSi/c1-4-11-14(3,12-5-2)9-13-8-6-7-10/h4-10H2,1-3H3. The highest BCUT2D eigenvalue weighted by Crippen LogP contribution is 2.15. The molecule has 0 rings (SSSR count). The third kappa shape index (κ3) is 6.84. The number of hydrogen-bond acceptors (Lipinski definition) is 4. The first-order valence-corrected chi connectivity index (χ1v) is 8.92. The minimum Gasteiger partial charge on any atom is -0.394 e. The van der Waals surface area contributed by atoms with E-state index in [0.717, 1.165) is 37.3 Å². The summed E-state index contributed by atoms with van der Waals surface area (Å²) in [7, 11) is -1.88. The van der Waals surface area contributed by atoms with E-state index in [0.29, 0.717) is 0 Å². The van der Waals surface area contributed by atoms with Crippen LogP contribution in [0.15, 0.2) is 0 Å². The first-order chi connectivity index (χ1) is 6.68. The SMILES string of the molecule is CCO[Si](C)(CSCCCN)OCC. The van der Waals surface area contributed by atoms with Crippen LogP contribution in [0, 0.1) is 0 Å². The van der Waals surface area contributed by atoms with Crippen LogP contribution >= 0.6 is 11.8 Å². The fraction of sp³-hybridized carbons (Fsp3) is 1.00. The quantitative estimate of drug-likeness (QED) is 0.490. The third-order valence-electron chi connectivity index (χ3n) is 1.76. The Labute approximate surface area is 93.0 Å². The van der Waals surface area contributed by atoms with Gasteiger partial charge in [0.05, 0.1) is 0 Å². The van der Waals surface area contributed by atoms with E-state index in [2.05, 4.69) is 6.55 Å². The Morgan fingerprint density at radius 3 is 2.21 bits per heavy atom. The fourth-order valence-corrected chi connectivity index (χ4v) is 5.58. The molecule has 5 heteroatoms. The lowest BCUT2D eigenvalue weighted by Gasteiger charge is -2.25. The van der Waals surface area contributed by atoms with Crippen LogP contribution in [-0.4, -0.2) is 39.4 Å². The molecule has 0 aromatic carbocycles. The Bertz CT molecular complexity index is 132. The molecule has 86 valence electrons. The van der Waals surface area contributed by atoms with Gasteiger partial charge < -0.3 is 14.6 Å². The molecule has 0 saturated carbocycles. The minimum absolute atomic E-state index is 0.750. The van der Waals surface area contributed by atoms with Gasteiger partial charge in [-0.05, 0) is 39.1 Å². The lowest BCUT2D eigenvalue weighted by Crippen LogP contribution is -2.42. The highest BCUT2D eigenvalue weighted by atomic mass is 32.2. The van der Waals surface area contributed by atoms with E-state index in [9.17, 15) is 0 Å². The summed E-state index contributed by atoms with van der Waals surface area (Å²) >= 11 is 1.90. The summed E-state index contributed by atoms with van der Waals surface area (Å²) in [6.07, 6.45) is 1.08. The molecule has 2 N–H and O–H groups in total. The number of thioether (sulfide) groups is 1. The molecule has 14 heavy (non-hydrogen) atoms. The normalized spacial score (nSPS) is 12.0. The van der Waals surface area contributed by atoms with Crippen molar-refractivity contribution >= 4 is 20.3 Å². The van der Waals surface area contributed by atoms with Crippen molar-refractivity contribution in [2.24, 2.45) is 5.73 Å². The summed E-state index contributed by atoms with van der Waals surface area (Å²) in [5, 5.41) is 1.01. The molecule has 0 amide bonds. The zero-order chi connectivity index (χ0) is 10.9. The zero-order valence-electron chi connectivity index (χ0n) is 9.54.